The number of amides is 2. The van der Waals surface area contributed by atoms with Gasteiger partial charge in [0.2, 0.25) is 0 Å². The minimum atomic E-state index is -0.487. The lowest BCUT2D eigenvalue weighted by atomic mass is 9.84. The number of nitrogens with zero attached hydrogens (tertiary/aromatic N) is 1. The smallest absolute Gasteiger partial charge is 0.318 e. The van der Waals surface area contributed by atoms with Gasteiger partial charge in [0, 0.05) is 19.5 Å². The summed E-state index contributed by atoms with van der Waals surface area (Å²) >= 11 is 0. The lowest BCUT2D eigenvalue weighted by molar-refractivity contribution is -0.141. The summed E-state index contributed by atoms with van der Waals surface area (Å²) in [5.41, 5.74) is 0.590. The highest BCUT2D eigenvalue weighted by molar-refractivity contribution is 5.85. The fourth-order valence-corrected chi connectivity index (χ4v) is 4.19. The number of urea groups is 1. The van der Waals surface area contributed by atoms with Crippen molar-refractivity contribution in [1.29, 1.82) is 0 Å². The van der Waals surface area contributed by atoms with Crippen LogP contribution in [0.4, 0.5) is 4.79 Å². The first-order valence-electron chi connectivity index (χ1n) is 9.54. The summed E-state index contributed by atoms with van der Waals surface area (Å²) in [7, 11) is 1.41. The number of carbonyl (C=O) groups is 2. The van der Waals surface area contributed by atoms with Crippen molar-refractivity contribution in [2.45, 2.75) is 37.6 Å². The standard InChI is InChI=1S/C20H29N3O3.ClH/c1-26-18(24)7-11-20(17-5-3-2-4-6-17)15-22-19(25)23(20)14-10-16-8-12-21-13-9-16;/h2-6,16,21H,7-15H2,1H3,(H,22,25);1H. The first-order chi connectivity index (χ1) is 12.7. The van der Waals surface area contributed by atoms with E-state index in [0.717, 1.165) is 37.9 Å². The second-order valence-electron chi connectivity index (χ2n) is 7.27. The highest BCUT2D eigenvalue weighted by Gasteiger charge is 2.46. The Morgan fingerprint density at radius 2 is 1.96 bits per heavy atom. The van der Waals surface area contributed by atoms with E-state index >= 15 is 0 Å². The Balaban J connectivity index is 0.00000261. The average molecular weight is 396 g/mol. The molecule has 1 unspecified atom stereocenters. The van der Waals surface area contributed by atoms with E-state index in [-0.39, 0.29) is 24.4 Å². The van der Waals surface area contributed by atoms with Gasteiger partial charge in [-0.2, -0.15) is 0 Å². The van der Waals surface area contributed by atoms with Crippen LogP contribution in [0.5, 0.6) is 0 Å². The molecule has 2 aliphatic rings. The molecule has 0 aliphatic carbocycles. The lowest BCUT2D eigenvalue weighted by Gasteiger charge is -2.38. The molecule has 1 atom stereocenters. The van der Waals surface area contributed by atoms with Crippen molar-refractivity contribution >= 4 is 24.4 Å². The Hall–Kier alpha value is -1.79. The van der Waals surface area contributed by atoms with Gasteiger partial charge in [0.25, 0.3) is 0 Å². The Morgan fingerprint density at radius 1 is 1.26 bits per heavy atom. The summed E-state index contributed by atoms with van der Waals surface area (Å²) < 4.78 is 4.84. The number of hydrogen-bond acceptors (Lipinski definition) is 4. The van der Waals surface area contributed by atoms with Gasteiger partial charge in [0.1, 0.15) is 0 Å². The Bertz CT molecular complexity index is 622. The van der Waals surface area contributed by atoms with Gasteiger partial charge in [-0.25, -0.2) is 4.79 Å². The van der Waals surface area contributed by atoms with Crippen LogP contribution in [-0.4, -0.2) is 50.2 Å². The fourth-order valence-electron chi connectivity index (χ4n) is 4.19. The Kier molecular flexibility index (Phi) is 7.92. The number of halogens is 1. The monoisotopic (exact) mass is 395 g/mol. The maximum absolute atomic E-state index is 12.6. The minimum absolute atomic E-state index is 0. The second kappa shape index (κ2) is 9.95. The van der Waals surface area contributed by atoms with E-state index in [9.17, 15) is 9.59 Å². The van der Waals surface area contributed by atoms with Crippen LogP contribution in [0.25, 0.3) is 0 Å². The molecule has 0 bridgehead atoms. The molecule has 7 heteroatoms. The first-order valence-corrected chi connectivity index (χ1v) is 9.54. The maximum Gasteiger partial charge on any atom is 0.318 e. The van der Waals surface area contributed by atoms with Crippen LogP contribution < -0.4 is 10.6 Å². The van der Waals surface area contributed by atoms with Crippen LogP contribution in [0.2, 0.25) is 0 Å². The van der Waals surface area contributed by atoms with E-state index < -0.39 is 5.54 Å². The van der Waals surface area contributed by atoms with E-state index in [2.05, 4.69) is 22.8 Å². The molecule has 2 fully saturated rings. The number of hydrogen-bond donors (Lipinski definition) is 2. The number of piperidine rings is 1. The number of benzene rings is 1. The minimum Gasteiger partial charge on any atom is -0.469 e. The molecule has 1 aromatic rings. The van der Waals surface area contributed by atoms with Crippen molar-refractivity contribution in [2.24, 2.45) is 5.92 Å². The molecule has 0 spiro atoms. The van der Waals surface area contributed by atoms with Crippen molar-refractivity contribution in [3.8, 4) is 0 Å². The second-order valence-corrected chi connectivity index (χ2v) is 7.27. The van der Waals surface area contributed by atoms with Gasteiger partial charge >= 0.3 is 12.0 Å². The highest BCUT2D eigenvalue weighted by atomic mass is 35.5. The Morgan fingerprint density at radius 3 is 2.63 bits per heavy atom. The molecule has 2 heterocycles. The van der Waals surface area contributed by atoms with Crippen molar-refractivity contribution in [2.75, 3.05) is 33.3 Å². The third-order valence-corrected chi connectivity index (χ3v) is 5.80. The lowest BCUT2D eigenvalue weighted by Crippen LogP contribution is -2.46. The van der Waals surface area contributed by atoms with E-state index in [1.165, 1.54) is 7.11 Å². The van der Waals surface area contributed by atoms with Gasteiger partial charge in [-0.3, -0.25) is 4.79 Å². The highest BCUT2D eigenvalue weighted by Crippen LogP contribution is 2.37. The van der Waals surface area contributed by atoms with Crippen LogP contribution in [0.1, 0.15) is 37.7 Å². The predicted octanol–water partition coefficient (Wildman–Crippen LogP) is 2.67. The number of methoxy groups -OCH3 is 1. The summed E-state index contributed by atoms with van der Waals surface area (Å²) in [5, 5.41) is 6.40. The summed E-state index contributed by atoms with van der Waals surface area (Å²) in [5.74, 6) is 0.414. The van der Waals surface area contributed by atoms with E-state index in [4.69, 9.17) is 4.74 Å². The van der Waals surface area contributed by atoms with Crippen LogP contribution in [-0.2, 0) is 15.1 Å². The number of nitrogens with one attached hydrogen (secondary N) is 2. The van der Waals surface area contributed by atoms with E-state index in [0.29, 0.717) is 31.8 Å². The number of ether oxygens (including phenoxy) is 1. The normalized spacial score (nSPS) is 22.9. The summed E-state index contributed by atoms with van der Waals surface area (Å²) in [6, 6.07) is 10.0. The SMILES string of the molecule is COC(=O)CCC1(c2ccccc2)CNC(=O)N1CCC1CCNCC1.Cl. The molecule has 0 saturated carbocycles. The zero-order valence-corrected chi connectivity index (χ0v) is 16.7. The first kappa shape index (κ1) is 21.5. The number of esters is 1. The largest absolute Gasteiger partial charge is 0.469 e. The van der Waals surface area contributed by atoms with Gasteiger partial charge in [-0.05, 0) is 50.3 Å². The molecule has 2 aliphatic heterocycles. The molecular weight excluding hydrogens is 366 g/mol. The molecule has 2 saturated heterocycles. The van der Waals surface area contributed by atoms with Crippen molar-refractivity contribution < 1.29 is 14.3 Å². The molecule has 2 amide bonds. The van der Waals surface area contributed by atoms with Gasteiger partial charge in [-0.15, -0.1) is 12.4 Å². The summed E-state index contributed by atoms with van der Waals surface area (Å²) in [6.45, 7) is 3.36. The molecule has 1 aromatic carbocycles. The van der Waals surface area contributed by atoms with Gasteiger partial charge in [0.15, 0.2) is 0 Å². The van der Waals surface area contributed by atoms with Gasteiger partial charge in [0.05, 0.1) is 12.6 Å². The number of carbonyl (C=O) groups excluding carboxylic acids is 2. The zero-order valence-electron chi connectivity index (χ0n) is 15.9. The number of rotatable bonds is 7. The molecule has 2 N–H and O–H groups in total. The quantitative estimate of drug-likeness (QED) is 0.696. The third-order valence-electron chi connectivity index (χ3n) is 5.80. The summed E-state index contributed by atoms with van der Waals surface area (Å²) in [4.78, 5) is 26.4. The van der Waals surface area contributed by atoms with Gasteiger partial charge in [-0.1, -0.05) is 30.3 Å². The third kappa shape index (κ3) is 4.93. The maximum atomic E-state index is 12.6. The topological polar surface area (TPSA) is 70.7 Å². The fraction of sp³-hybridized carbons (Fsp3) is 0.600. The van der Waals surface area contributed by atoms with Crippen molar-refractivity contribution in [3.05, 3.63) is 35.9 Å². The van der Waals surface area contributed by atoms with Crippen LogP contribution in [0.15, 0.2) is 30.3 Å². The molecule has 3 rings (SSSR count). The van der Waals surface area contributed by atoms with Crippen molar-refractivity contribution in [3.63, 3.8) is 0 Å². The average Bonchev–Trinajstić information content (AvgIpc) is 3.02. The van der Waals surface area contributed by atoms with E-state index in [1.54, 1.807) is 0 Å². The summed E-state index contributed by atoms with van der Waals surface area (Å²) in [6.07, 6.45) is 4.19. The van der Waals surface area contributed by atoms with Crippen LogP contribution in [0, 0.1) is 5.92 Å². The molecule has 0 aromatic heterocycles. The molecule has 0 radical (unpaired) electrons. The molecule has 6 nitrogen and oxygen atoms in total. The van der Waals surface area contributed by atoms with E-state index in [1.807, 2.05) is 23.1 Å². The Labute approximate surface area is 167 Å². The van der Waals surface area contributed by atoms with Crippen LogP contribution >= 0.6 is 12.4 Å². The zero-order chi connectivity index (χ0) is 18.4. The predicted molar refractivity (Wildman–Crippen MR) is 107 cm³/mol. The van der Waals surface area contributed by atoms with Crippen molar-refractivity contribution in [1.82, 2.24) is 15.5 Å². The van der Waals surface area contributed by atoms with Gasteiger partial charge < -0.3 is 20.3 Å². The molecule has 150 valence electrons. The molecular formula is C20H30ClN3O3. The van der Waals surface area contributed by atoms with Crippen LogP contribution in [0.3, 0.4) is 0 Å². The molecule has 27 heavy (non-hydrogen) atoms.